The highest BCUT2D eigenvalue weighted by Gasteiger charge is 2.07. The van der Waals surface area contributed by atoms with Crippen LogP contribution >= 0.6 is 0 Å². The quantitative estimate of drug-likeness (QED) is 0.151. The summed E-state index contributed by atoms with van der Waals surface area (Å²) in [6.07, 6.45) is 3.65. The van der Waals surface area contributed by atoms with Crippen LogP contribution in [0.15, 0.2) is 91.3 Å². The molecule has 220 valence electrons. The van der Waals surface area contributed by atoms with Gasteiger partial charge in [-0.1, -0.05) is 67.1 Å². The summed E-state index contributed by atoms with van der Waals surface area (Å²) >= 11 is 0. The maximum Gasteiger partial charge on any atom is 0.411 e. The molecule has 3 amide bonds. The fourth-order valence-corrected chi connectivity index (χ4v) is 2.97. The molecule has 0 saturated carbocycles. The Morgan fingerprint density at radius 1 is 0.902 bits per heavy atom. The summed E-state index contributed by atoms with van der Waals surface area (Å²) in [7, 11) is 1.29. The maximum absolute atomic E-state index is 11.1. The van der Waals surface area contributed by atoms with Crippen molar-refractivity contribution in [1.29, 1.82) is 0 Å². The topological polar surface area (TPSA) is 138 Å². The number of hydrogen-bond donors (Lipinski definition) is 5. The number of amides is 3. The van der Waals surface area contributed by atoms with Crippen molar-refractivity contribution in [3.8, 4) is 5.69 Å². The first kappa shape index (κ1) is 34.4. The average Bonchev–Trinajstić information content (AvgIpc) is 3.47. The molecule has 0 aliphatic carbocycles. The summed E-state index contributed by atoms with van der Waals surface area (Å²) in [5, 5.41) is 21.3. The van der Waals surface area contributed by atoms with E-state index in [0.717, 1.165) is 12.1 Å². The summed E-state index contributed by atoms with van der Waals surface area (Å²) in [5.41, 5.74) is 6.93. The molecule has 1 heterocycles. The third-order valence-electron chi connectivity index (χ3n) is 5.39. The van der Waals surface area contributed by atoms with Crippen molar-refractivity contribution in [1.82, 2.24) is 20.3 Å². The van der Waals surface area contributed by atoms with Gasteiger partial charge in [-0.2, -0.15) is 0 Å². The second-order valence-electron chi connectivity index (χ2n) is 8.63. The Kier molecular flexibility index (Phi) is 17.0. The molecule has 0 spiro atoms. The number of aromatic nitrogens is 2. The molecule has 1 aromatic heterocycles. The van der Waals surface area contributed by atoms with Crippen LogP contribution in [0.5, 0.6) is 0 Å². The first-order chi connectivity index (χ1) is 19.7. The number of aliphatic hydroxyl groups is 1. The van der Waals surface area contributed by atoms with Crippen LogP contribution in [-0.2, 0) is 11.3 Å². The predicted octanol–water partition coefficient (Wildman–Crippen LogP) is 5.93. The molecule has 10 heteroatoms. The summed E-state index contributed by atoms with van der Waals surface area (Å²) in [6.45, 7) is 8.71. The van der Waals surface area contributed by atoms with E-state index in [-0.39, 0.29) is 6.54 Å². The monoisotopic (exact) mass is 563 g/mol. The van der Waals surface area contributed by atoms with Crippen LogP contribution in [0.2, 0.25) is 0 Å². The number of ether oxygens (including phenoxy) is 1. The number of urea groups is 1. The number of carbonyl (C=O) groups excluding carboxylic acids is 2. The minimum Gasteiger partial charge on any atom is -0.453 e. The average molecular weight is 564 g/mol. The molecule has 0 bridgehead atoms. The lowest BCUT2D eigenvalue weighted by Crippen LogP contribution is -2.33. The lowest BCUT2D eigenvalue weighted by molar-refractivity contribution is 0.161. The van der Waals surface area contributed by atoms with E-state index in [2.05, 4.69) is 77.5 Å². The Hall–Kier alpha value is -4.67. The lowest BCUT2D eigenvalue weighted by Gasteiger charge is -2.10. The SMILES string of the molecule is CCCO.COC(=O)Nc1ccc(-n2ccnc2CNC(=O)NO)cc1.Cc1ccccc1.Cc1ccccc1C. The number of methoxy groups -OCH3 is 1. The van der Waals surface area contributed by atoms with Crippen LogP contribution in [0.4, 0.5) is 15.3 Å². The van der Waals surface area contributed by atoms with Gasteiger partial charge in [0.05, 0.1) is 13.7 Å². The molecule has 4 rings (SSSR count). The van der Waals surface area contributed by atoms with Crippen molar-refractivity contribution in [2.24, 2.45) is 0 Å². The lowest BCUT2D eigenvalue weighted by atomic mass is 10.1. The van der Waals surface area contributed by atoms with Gasteiger partial charge in [-0.3, -0.25) is 10.5 Å². The zero-order valence-corrected chi connectivity index (χ0v) is 24.3. The van der Waals surface area contributed by atoms with E-state index >= 15 is 0 Å². The van der Waals surface area contributed by atoms with Crippen molar-refractivity contribution in [2.75, 3.05) is 19.0 Å². The third-order valence-corrected chi connectivity index (χ3v) is 5.39. The van der Waals surface area contributed by atoms with E-state index in [0.29, 0.717) is 18.1 Å². The highest BCUT2D eigenvalue weighted by molar-refractivity contribution is 5.84. The van der Waals surface area contributed by atoms with E-state index in [1.165, 1.54) is 29.3 Å². The van der Waals surface area contributed by atoms with Crippen LogP contribution in [0.1, 0.15) is 35.9 Å². The molecular formula is C31H41N5O5. The van der Waals surface area contributed by atoms with Crippen molar-refractivity contribution in [3.63, 3.8) is 0 Å². The van der Waals surface area contributed by atoms with Gasteiger partial charge in [-0.15, -0.1) is 0 Å². The molecule has 3 aromatic carbocycles. The summed E-state index contributed by atoms with van der Waals surface area (Å²) in [5.74, 6) is 0.581. The van der Waals surface area contributed by atoms with Crippen molar-refractivity contribution in [2.45, 2.75) is 40.7 Å². The number of hydrogen-bond acceptors (Lipinski definition) is 6. The number of carbonyl (C=O) groups is 2. The normalized spacial score (nSPS) is 9.34. The number of imidazole rings is 1. The number of hydroxylamine groups is 1. The number of nitrogens with zero attached hydrogens (tertiary/aromatic N) is 2. The van der Waals surface area contributed by atoms with Gasteiger partial charge in [0.2, 0.25) is 0 Å². The molecule has 4 aromatic rings. The smallest absolute Gasteiger partial charge is 0.411 e. The summed E-state index contributed by atoms with van der Waals surface area (Å²) in [4.78, 5) is 26.2. The zero-order valence-electron chi connectivity index (χ0n) is 24.3. The number of aryl methyl sites for hydroxylation is 3. The number of benzene rings is 3. The molecule has 0 aliphatic rings. The van der Waals surface area contributed by atoms with Gasteiger partial charge in [0.15, 0.2) is 0 Å². The van der Waals surface area contributed by atoms with Gasteiger partial charge in [-0.05, 0) is 62.6 Å². The van der Waals surface area contributed by atoms with Crippen molar-refractivity contribution < 1.29 is 24.6 Å². The summed E-state index contributed by atoms with van der Waals surface area (Å²) < 4.78 is 6.27. The van der Waals surface area contributed by atoms with E-state index in [1.54, 1.807) is 41.2 Å². The number of anilines is 1. The van der Waals surface area contributed by atoms with E-state index in [1.807, 2.05) is 25.1 Å². The van der Waals surface area contributed by atoms with E-state index in [9.17, 15) is 9.59 Å². The molecule has 5 N–H and O–H groups in total. The van der Waals surface area contributed by atoms with Crippen LogP contribution in [0.3, 0.4) is 0 Å². The van der Waals surface area contributed by atoms with Gasteiger partial charge in [0.1, 0.15) is 5.82 Å². The largest absolute Gasteiger partial charge is 0.453 e. The zero-order chi connectivity index (χ0) is 30.5. The minimum atomic E-state index is -0.716. The fraction of sp³-hybridized carbons (Fsp3) is 0.258. The molecule has 0 saturated heterocycles. The molecule has 10 nitrogen and oxygen atoms in total. The highest BCUT2D eigenvalue weighted by Crippen LogP contribution is 2.15. The molecule has 0 unspecified atom stereocenters. The van der Waals surface area contributed by atoms with Crippen molar-refractivity contribution in [3.05, 3.63) is 114 Å². The third kappa shape index (κ3) is 14.3. The maximum atomic E-state index is 11.1. The second-order valence-corrected chi connectivity index (χ2v) is 8.63. The van der Waals surface area contributed by atoms with Crippen LogP contribution in [0, 0.1) is 20.8 Å². The molecule has 41 heavy (non-hydrogen) atoms. The van der Waals surface area contributed by atoms with E-state index in [4.69, 9.17) is 10.3 Å². The molecule has 0 fully saturated rings. The van der Waals surface area contributed by atoms with Crippen molar-refractivity contribution >= 4 is 17.8 Å². The summed E-state index contributed by atoms with van der Waals surface area (Å²) in [6, 6.07) is 24.9. The Morgan fingerprint density at radius 3 is 1.90 bits per heavy atom. The number of rotatable bonds is 5. The Labute approximate surface area is 242 Å². The second kappa shape index (κ2) is 20.3. The molecular weight excluding hydrogens is 522 g/mol. The van der Waals surface area contributed by atoms with Crippen LogP contribution < -0.4 is 16.1 Å². The van der Waals surface area contributed by atoms with Crippen LogP contribution in [0.25, 0.3) is 5.69 Å². The Bertz CT molecular complexity index is 1250. The number of aliphatic hydroxyl groups excluding tert-OH is 1. The Balaban J connectivity index is 0.000000357. The first-order valence-corrected chi connectivity index (χ1v) is 13.1. The Morgan fingerprint density at radius 2 is 1.46 bits per heavy atom. The van der Waals surface area contributed by atoms with Gasteiger partial charge in [0.25, 0.3) is 0 Å². The van der Waals surface area contributed by atoms with E-state index < -0.39 is 12.1 Å². The molecule has 0 atom stereocenters. The minimum absolute atomic E-state index is 0.140. The van der Waals surface area contributed by atoms with Gasteiger partial charge >= 0.3 is 12.1 Å². The number of nitrogens with one attached hydrogen (secondary N) is 3. The van der Waals surface area contributed by atoms with Crippen LogP contribution in [-0.4, -0.2) is 45.7 Å². The first-order valence-electron chi connectivity index (χ1n) is 13.1. The highest BCUT2D eigenvalue weighted by atomic mass is 16.5. The standard InChI is InChI=1S/C13H15N5O4.C8H10.C7H8.C3H8O/c1-22-13(20)16-9-2-4-10(5-3-9)18-7-6-14-11(18)8-15-12(19)17-21;1-7-5-3-4-6-8(7)2;1-7-5-3-2-4-6-7;1-2-3-4/h2-7,21H,8H2,1H3,(H,16,20)(H2,15,17,19);3-6H,1-2H3;2-6H,1H3;4H,2-3H2,1H3. The molecule has 0 radical (unpaired) electrons. The van der Waals surface area contributed by atoms with Gasteiger partial charge in [0, 0.05) is 30.4 Å². The van der Waals surface area contributed by atoms with Gasteiger partial charge in [-0.25, -0.2) is 20.1 Å². The molecule has 0 aliphatic heterocycles. The van der Waals surface area contributed by atoms with Gasteiger partial charge < -0.3 is 19.7 Å². The predicted molar refractivity (Wildman–Crippen MR) is 161 cm³/mol. The fourth-order valence-electron chi connectivity index (χ4n) is 2.97.